The summed E-state index contributed by atoms with van der Waals surface area (Å²) in [6, 6.07) is 8.10. The predicted octanol–water partition coefficient (Wildman–Crippen LogP) is 3.37. The Morgan fingerprint density at radius 3 is 2.96 bits per heavy atom. The van der Waals surface area contributed by atoms with Crippen LogP contribution in [-0.2, 0) is 19.5 Å². The molecule has 0 radical (unpaired) electrons. The van der Waals surface area contributed by atoms with Gasteiger partial charge in [-0.05, 0) is 17.9 Å². The van der Waals surface area contributed by atoms with E-state index in [1.807, 2.05) is 36.8 Å². The zero-order valence-corrected chi connectivity index (χ0v) is 15.2. The summed E-state index contributed by atoms with van der Waals surface area (Å²) in [5.74, 6) is 0.0458. The molecule has 128 valence electrons. The monoisotopic (exact) mass is 352 g/mol. The fourth-order valence-electron chi connectivity index (χ4n) is 3.47. The lowest BCUT2D eigenvalue weighted by Gasteiger charge is -2.27. The van der Waals surface area contributed by atoms with E-state index in [9.17, 15) is 4.79 Å². The van der Waals surface area contributed by atoms with Gasteiger partial charge in [0.2, 0.25) is 5.91 Å². The molecule has 0 aliphatic carbocycles. The van der Waals surface area contributed by atoms with E-state index in [1.54, 1.807) is 23.3 Å². The van der Waals surface area contributed by atoms with Crippen molar-refractivity contribution in [3.05, 3.63) is 53.5 Å². The molecule has 0 unspecified atom stereocenters. The maximum atomic E-state index is 11.9. The van der Waals surface area contributed by atoms with Gasteiger partial charge in [-0.25, -0.2) is 9.97 Å². The third kappa shape index (κ3) is 3.07. The van der Waals surface area contributed by atoms with E-state index >= 15 is 0 Å². The Hall–Kier alpha value is -2.18. The first-order valence-corrected chi connectivity index (χ1v) is 9.59. The van der Waals surface area contributed by atoms with Crippen molar-refractivity contribution >= 4 is 28.6 Å². The molecular weight excluding hydrogens is 332 g/mol. The highest BCUT2D eigenvalue weighted by molar-refractivity contribution is 7.98. The van der Waals surface area contributed by atoms with Crippen LogP contribution in [0.1, 0.15) is 28.5 Å². The molecule has 3 aromatic rings. The van der Waals surface area contributed by atoms with Crippen molar-refractivity contribution in [3.63, 3.8) is 0 Å². The maximum Gasteiger partial charge on any atom is 0.227 e. The SMILES string of the molecule is CSc1ncc2c(n1)CCN(Cc1cn(C(C)=O)c3ccccc13)C2. The van der Waals surface area contributed by atoms with Gasteiger partial charge in [0, 0.05) is 56.3 Å². The lowest BCUT2D eigenvalue weighted by atomic mass is 10.1. The molecule has 0 atom stereocenters. The molecule has 0 spiro atoms. The van der Waals surface area contributed by atoms with Gasteiger partial charge in [0.25, 0.3) is 0 Å². The molecule has 5 nitrogen and oxygen atoms in total. The molecule has 0 saturated carbocycles. The quantitative estimate of drug-likeness (QED) is 0.534. The van der Waals surface area contributed by atoms with Crippen molar-refractivity contribution in [3.8, 4) is 0 Å². The number of carbonyl (C=O) groups excluding carboxylic acids is 1. The molecule has 1 aliphatic heterocycles. The van der Waals surface area contributed by atoms with Gasteiger partial charge in [-0.3, -0.25) is 14.3 Å². The number of aromatic nitrogens is 3. The summed E-state index contributed by atoms with van der Waals surface area (Å²) >= 11 is 1.58. The van der Waals surface area contributed by atoms with Crippen LogP contribution in [0, 0.1) is 0 Å². The summed E-state index contributed by atoms with van der Waals surface area (Å²) < 4.78 is 1.75. The molecule has 25 heavy (non-hydrogen) atoms. The molecule has 2 aromatic heterocycles. The molecule has 0 amide bonds. The minimum absolute atomic E-state index is 0.0458. The number of hydrogen-bond acceptors (Lipinski definition) is 5. The van der Waals surface area contributed by atoms with Crippen molar-refractivity contribution in [1.82, 2.24) is 19.4 Å². The van der Waals surface area contributed by atoms with E-state index in [1.165, 1.54) is 16.8 Å². The molecular formula is C19H20N4OS. The highest BCUT2D eigenvalue weighted by atomic mass is 32.2. The van der Waals surface area contributed by atoms with Crippen LogP contribution in [0.2, 0.25) is 0 Å². The van der Waals surface area contributed by atoms with Crippen molar-refractivity contribution in [2.45, 2.75) is 31.6 Å². The first-order valence-electron chi connectivity index (χ1n) is 8.36. The maximum absolute atomic E-state index is 11.9. The lowest BCUT2D eigenvalue weighted by molar-refractivity contribution is 0.0941. The fraction of sp³-hybridized carbons (Fsp3) is 0.316. The highest BCUT2D eigenvalue weighted by Crippen LogP contribution is 2.25. The first-order chi connectivity index (χ1) is 12.2. The van der Waals surface area contributed by atoms with E-state index in [0.717, 1.165) is 42.1 Å². The molecule has 6 heteroatoms. The van der Waals surface area contributed by atoms with Crippen LogP contribution in [0.3, 0.4) is 0 Å². The number of benzene rings is 1. The van der Waals surface area contributed by atoms with Gasteiger partial charge >= 0.3 is 0 Å². The van der Waals surface area contributed by atoms with Gasteiger partial charge in [-0.2, -0.15) is 0 Å². The Morgan fingerprint density at radius 1 is 1.32 bits per heavy atom. The van der Waals surface area contributed by atoms with Crippen LogP contribution in [-0.4, -0.2) is 38.1 Å². The summed E-state index contributed by atoms with van der Waals surface area (Å²) in [6.45, 7) is 4.25. The Balaban J connectivity index is 1.61. The summed E-state index contributed by atoms with van der Waals surface area (Å²) in [7, 11) is 0. The number of nitrogens with zero attached hydrogens (tertiary/aromatic N) is 4. The molecule has 3 heterocycles. The van der Waals surface area contributed by atoms with E-state index < -0.39 is 0 Å². The Labute approximate surface area is 151 Å². The molecule has 0 fully saturated rings. The third-order valence-electron chi connectivity index (χ3n) is 4.70. The second-order valence-corrected chi connectivity index (χ2v) is 7.12. The average molecular weight is 352 g/mol. The van der Waals surface area contributed by atoms with E-state index in [-0.39, 0.29) is 5.91 Å². The molecule has 0 bridgehead atoms. The van der Waals surface area contributed by atoms with Crippen molar-refractivity contribution in [2.75, 3.05) is 12.8 Å². The van der Waals surface area contributed by atoms with Crippen LogP contribution in [0.5, 0.6) is 0 Å². The molecule has 0 saturated heterocycles. The predicted molar refractivity (Wildman–Crippen MR) is 99.9 cm³/mol. The number of fused-ring (bicyclic) bond motifs is 2. The van der Waals surface area contributed by atoms with E-state index in [0.29, 0.717) is 0 Å². The Kier molecular flexibility index (Phi) is 4.31. The fourth-order valence-corrected chi connectivity index (χ4v) is 3.83. The zero-order chi connectivity index (χ0) is 17.4. The second kappa shape index (κ2) is 6.61. The number of thioether (sulfide) groups is 1. The Morgan fingerprint density at radius 2 is 2.16 bits per heavy atom. The summed E-state index contributed by atoms with van der Waals surface area (Å²) in [5.41, 5.74) is 4.55. The summed E-state index contributed by atoms with van der Waals surface area (Å²) in [4.78, 5) is 23.4. The topological polar surface area (TPSA) is 51.0 Å². The van der Waals surface area contributed by atoms with Crippen molar-refractivity contribution in [1.29, 1.82) is 0 Å². The Bertz CT molecular complexity index is 950. The summed E-state index contributed by atoms with van der Waals surface area (Å²) in [6.07, 6.45) is 6.88. The van der Waals surface area contributed by atoms with Gasteiger partial charge in [-0.15, -0.1) is 0 Å². The zero-order valence-electron chi connectivity index (χ0n) is 14.4. The highest BCUT2D eigenvalue weighted by Gasteiger charge is 2.20. The second-order valence-electron chi connectivity index (χ2n) is 6.35. The smallest absolute Gasteiger partial charge is 0.227 e. The van der Waals surface area contributed by atoms with Crippen LogP contribution < -0.4 is 0 Å². The molecule has 4 rings (SSSR count). The number of carbonyl (C=O) groups is 1. The van der Waals surface area contributed by atoms with Crippen LogP contribution in [0.25, 0.3) is 10.9 Å². The minimum Gasteiger partial charge on any atom is -0.294 e. The number of rotatable bonds is 3. The number of hydrogen-bond donors (Lipinski definition) is 0. The van der Waals surface area contributed by atoms with Crippen molar-refractivity contribution < 1.29 is 4.79 Å². The minimum atomic E-state index is 0.0458. The normalized spacial score (nSPS) is 14.6. The van der Waals surface area contributed by atoms with Gasteiger partial charge in [0.05, 0.1) is 11.2 Å². The van der Waals surface area contributed by atoms with E-state index in [2.05, 4.69) is 20.9 Å². The van der Waals surface area contributed by atoms with Crippen LogP contribution in [0.4, 0.5) is 0 Å². The third-order valence-corrected chi connectivity index (χ3v) is 5.26. The lowest BCUT2D eigenvalue weighted by Crippen LogP contribution is -2.30. The molecule has 1 aromatic carbocycles. The number of para-hydroxylation sites is 1. The van der Waals surface area contributed by atoms with E-state index in [4.69, 9.17) is 0 Å². The average Bonchev–Trinajstić information content (AvgIpc) is 3.00. The molecule has 1 aliphatic rings. The largest absolute Gasteiger partial charge is 0.294 e. The molecule has 0 N–H and O–H groups in total. The van der Waals surface area contributed by atoms with Crippen LogP contribution >= 0.6 is 11.8 Å². The first kappa shape index (κ1) is 16.3. The van der Waals surface area contributed by atoms with Crippen LogP contribution in [0.15, 0.2) is 41.8 Å². The van der Waals surface area contributed by atoms with Gasteiger partial charge < -0.3 is 0 Å². The van der Waals surface area contributed by atoms with Gasteiger partial charge in [-0.1, -0.05) is 30.0 Å². The van der Waals surface area contributed by atoms with Crippen molar-refractivity contribution in [2.24, 2.45) is 0 Å². The van der Waals surface area contributed by atoms with Gasteiger partial charge in [0.1, 0.15) is 0 Å². The van der Waals surface area contributed by atoms with Gasteiger partial charge in [0.15, 0.2) is 5.16 Å². The standard InChI is InChI=1S/C19H20N4OS/c1-13(24)23-12-15(16-5-3-4-6-18(16)23)11-22-8-7-17-14(10-22)9-20-19(21-17)25-2/h3-6,9,12H,7-8,10-11H2,1-2H3. The summed E-state index contributed by atoms with van der Waals surface area (Å²) in [5, 5.41) is 1.99.